The van der Waals surface area contributed by atoms with Crippen LogP contribution in [0.25, 0.3) is 22.3 Å². The Balaban J connectivity index is 0.000000185. The van der Waals surface area contributed by atoms with Crippen molar-refractivity contribution in [2.24, 2.45) is 0 Å². The van der Waals surface area contributed by atoms with Crippen LogP contribution in [0, 0.1) is 13.8 Å². The van der Waals surface area contributed by atoms with Crippen LogP contribution in [0.2, 0.25) is 0 Å². The zero-order valence-electron chi connectivity index (χ0n) is 35.1. The first-order valence-corrected chi connectivity index (χ1v) is 20.9. The average molecular weight is 823 g/mol. The maximum absolute atomic E-state index is 11.9. The Labute approximate surface area is 358 Å². The van der Waals surface area contributed by atoms with E-state index in [0.717, 1.165) is 89.5 Å². The van der Waals surface area contributed by atoms with Crippen LogP contribution in [0.4, 0.5) is 11.4 Å². The second-order valence-electron chi connectivity index (χ2n) is 15.1. The standard InChI is InChI=1S/C26H28N2O4.C24H26N2O3/c1-3-30-26(29)18-31-24-15-21(20-7-5-4-6-8-20)10-11-23(24)28-14-13-22(17-28)32-25-12-9-19(2)16-27-25;1-18-7-10-24(25-16-18)29-21-11-12-26(17-21)22-9-8-20(15-23(22)28-14-13-27)19-5-3-2-4-6-19/h4-12,15-16,22H,3,13-14,17-18H2,1-2H3;2-10,15-16,21,27H,11-14,17H2,1H3/t22-;21-/m01/s1. The monoisotopic (exact) mass is 822 g/mol. The smallest absolute Gasteiger partial charge is 0.344 e. The number of aliphatic hydroxyl groups excluding tert-OH is 1. The van der Waals surface area contributed by atoms with E-state index in [0.29, 0.717) is 24.1 Å². The number of hydrogen-bond acceptors (Lipinski definition) is 11. The molecule has 4 aromatic carbocycles. The molecule has 2 atom stereocenters. The summed E-state index contributed by atoms with van der Waals surface area (Å²) in [7, 11) is 0. The van der Waals surface area contributed by atoms with Gasteiger partial charge in [0.25, 0.3) is 0 Å². The van der Waals surface area contributed by atoms with Gasteiger partial charge < -0.3 is 38.6 Å². The number of anilines is 2. The number of ether oxygens (including phenoxy) is 5. The Bertz CT molecular complexity index is 2290. The average Bonchev–Trinajstić information content (AvgIpc) is 3.97. The predicted octanol–water partition coefficient (Wildman–Crippen LogP) is 8.74. The third-order valence-electron chi connectivity index (χ3n) is 10.4. The first-order chi connectivity index (χ1) is 29.8. The number of aromatic nitrogens is 2. The molecule has 0 unspecified atom stereocenters. The molecule has 2 aliphatic rings. The summed E-state index contributed by atoms with van der Waals surface area (Å²) in [6.07, 6.45) is 5.57. The van der Waals surface area contributed by atoms with Crippen LogP contribution in [0.15, 0.2) is 134 Å². The molecule has 4 heterocycles. The first kappa shape index (κ1) is 42.5. The molecule has 0 amide bonds. The highest BCUT2D eigenvalue weighted by Gasteiger charge is 2.28. The Kier molecular flexibility index (Phi) is 14.7. The molecule has 0 spiro atoms. The van der Waals surface area contributed by atoms with E-state index >= 15 is 0 Å². The quantitative estimate of drug-likeness (QED) is 0.100. The van der Waals surface area contributed by atoms with Crippen LogP contribution in [-0.4, -0.2) is 85.9 Å². The number of aliphatic hydroxyl groups is 1. The van der Waals surface area contributed by atoms with E-state index in [2.05, 4.69) is 74.4 Å². The van der Waals surface area contributed by atoms with Gasteiger partial charge in [0, 0.05) is 50.5 Å². The summed E-state index contributed by atoms with van der Waals surface area (Å²) in [5, 5.41) is 9.23. The molecular weight excluding hydrogens is 769 g/mol. The van der Waals surface area contributed by atoms with Crippen molar-refractivity contribution in [3.63, 3.8) is 0 Å². The summed E-state index contributed by atoms with van der Waals surface area (Å²) in [6.45, 7) is 9.47. The van der Waals surface area contributed by atoms with Gasteiger partial charge in [-0.3, -0.25) is 0 Å². The summed E-state index contributed by atoms with van der Waals surface area (Å²) in [4.78, 5) is 25.1. The number of hydrogen-bond donors (Lipinski definition) is 1. The lowest BCUT2D eigenvalue weighted by molar-refractivity contribution is -0.145. The number of nitrogens with zero attached hydrogens (tertiary/aromatic N) is 4. The normalized spacial score (nSPS) is 15.7. The van der Waals surface area contributed by atoms with Crippen molar-refractivity contribution in [1.29, 1.82) is 0 Å². The number of carbonyl (C=O) groups excluding carboxylic acids is 1. The summed E-state index contributed by atoms with van der Waals surface area (Å²) in [5.74, 6) is 2.37. The fourth-order valence-corrected chi connectivity index (χ4v) is 7.37. The van der Waals surface area contributed by atoms with Gasteiger partial charge in [-0.2, -0.15) is 0 Å². The van der Waals surface area contributed by atoms with Crippen LogP contribution in [-0.2, 0) is 9.53 Å². The van der Waals surface area contributed by atoms with Gasteiger partial charge in [0.15, 0.2) is 6.61 Å². The van der Waals surface area contributed by atoms with Gasteiger partial charge in [-0.05, 0) is 78.4 Å². The highest BCUT2D eigenvalue weighted by atomic mass is 16.6. The lowest BCUT2D eigenvalue weighted by Crippen LogP contribution is -2.25. The third kappa shape index (κ3) is 11.8. The van der Waals surface area contributed by atoms with E-state index < -0.39 is 0 Å². The van der Waals surface area contributed by atoms with Crippen molar-refractivity contribution >= 4 is 17.3 Å². The minimum atomic E-state index is -0.378. The predicted molar refractivity (Wildman–Crippen MR) is 239 cm³/mol. The van der Waals surface area contributed by atoms with Gasteiger partial charge in [-0.1, -0.05) is 84.9 Å². The maximum Gasteiger partial charge on any atom is 0.344 e. The van der Waals surface area contributed by atoms with Gasteiger partial charge in [-0.25, -0.2) is 14.8 Å². The van der Waals surface area contributed by atoms with Crippen molar-refractivity contribution in [2.75, 3.05) is 62.4 Å². The highest BCUT2D eigenvalue weighted by molar-refractivity contribution is 5.75. The number of rotatable bonds is 15. The van der Waals surface area contributed by atoms with E-state index in [4.69, 9.17) is 23.7 Å². The minimum Gasteiger partial charge on any atom is -0.489 e. The fraction of sp³-hybridized carbons (Fsp3) is 0.300. The van der Waals surface area contributed by atoms with Crippen LogP contribution < -0.4 is 28.7 Å². The van der Waals surface area contributed by atoms with Crippen molar-refractivity contribution in [3.8, 4) is 45.5 Å². The molecule has 0 bridgehead atoms. The summed E-state index contributed by atoms with van der Waals surface area (Å²) >= 11 is 0. The molecular formula is C50H54N4O7. The Hall–Kier alpha value is -6.59. The van der Waals surface area contributed by atoms with Gasteiger partial charge >= 0.3 is 5.97 Å². The van der Waals surface area contributed by atoms with Crippen molar-refractivity contribution in [2.45, 2.75) is 45.8 Å². The molecule has 2 saturated heterocycles. The largest absolute Gasteiger partial charge is 0.489 e. The van der Waals surface area contributed by atoms with E-state index in [9.17, 15) is 9.90 Å². The van der Waals surface area contributed by atoms with Crippen LogP contribution in [0.1, 0.15) is 30.9 Å². The van der Waals surface area contributed by atoms with E-state index in [1.807, 2.05) is 93.0 Å². The first-order valence-electron chi connectivity index (χ1n) is 20.9. The molecule has 11 nitrogen and oxygen atoms in total. The Morgan fingerprint density at radius 3 is 1.57 bits per heavy atom. The topological polar surface area (TPSA) is 116 Å². The molecule has 0 saturated carbocycles. The van der Waals surface area contributed by atoms with Gasteiger partial charge in [0.2, 0.25) is 11.8 Å². The Morgan fingerprint density at radius 2 is 1.13 bits per heavy atom. The molecule has 8 rings (SSSR count). The van der Waals surface area contributed by atoms with Crippen LogP contribution >= 0.6 is 0 Å². The summed E-state index contributed by atoms with van der Waals surface area (Å²) in [5.41, 5.74) is 8.55. The third-order valence-corrected chi connectivity index (χ3v) is 10.4. The zero-order valence-corrected chi connectivity index (χ0v) is 35.1. The van der Waals surface area contributed by atoms with E-state index in [1.54, 1.807) is 6.92 Å². The van der Waals surface area contributed by atoms with Gasteiger partial charge in [-0.15, -0.1) is 0 Å². The SMILES string of the molecule is CCOC(=O)COc1cc(-c2ccccc2)ccc1N1CC[C@H](Oc2ccc(C)cn2)C1.Cc1ccc(O[C@@H]2CCN(c3ccc(-c4ccccc4)cc3OCCO)C2)nc1. The van der Waals surface area contributed by atoms with Gasteiger partial charge in [0.05, 0.1) is 37.7 Å². The zero-order chi connectivity index (χ0) is 42.4. The van der Waals surface area contributed by atoms with Crippen LogP contribution in [0.3, 0.4) is 0 Å². The number of esters is 1. The Morgan fingerprint density at radius 1 is 0.639 bits per heavy atom. The van der Waals surface area contributed by atoms with E-state index in [1.165, 1.54) is 0 Å². The summed E-state index contributed by atoms with van der Waals surface area (Å²) in [6, 6.07) is 40.6. The van der Waals surface area contributed by atoms with Crippen molar-refractivity contribution in [3.05, 3.63) is 145 Å². The van der Waals surface area contributed by atoms with Crippen molar-refractivity contribution < 1.29 is 33.6 Å². The highest BCUT2D eigenvalue weighted by Crippen LogP contribution is 2.37. The maximum atomic E-state index is 11.9. The molecule has 2 aromatic heterocycles. The van der Waals surface area contributed by atoms with Crippen LogP contribution in [0.5, 0.6) is 23.3 Å². The molecule has 6 aromatic rings. The molecule has 0 radical (unpaired) electrons. The lowest BCUT2D eigenvalue weighted by Gasteiger charge is -2.23. The number of aryl methyl sites for hydroxylation is 2. The second kappa shape index (κ2) is 21.1. The number of benzene rings is 4. The molecule has 2 aliphatic heterocycles. The number of pyridine rings is 2. The molecule has 11 heteroatoms. The molecule has 0 aliphatic carbocycles. The minimum absolute atomic E-state index is 0.0141. The second-order valence-corrected chi connectivity index (χ2v) is 15.1. The molecule has 316 valence electrons. The van der Waals surface area contributed by atoms with E-state index in [-0.39, 0.29) is 38.0 Å². The van der Waals surface area contributed by atoms with Crippen molar-refractivity contribution in [1.82, 2.24) is 9.97 Å². The van der Waals surface area contributed by atoms with Gasteiger partial charge in [0.1, 0.15) is 30.3 Å². The fourth-order valence-electron chi connectivity index (χ4n) is 7.37. The molecule has 1 N–H and O–H groups in total. The molecule has 2 fully saturated rings. The lowest BCUT2D eigenvalue weighted by atomic mass is 10.0. The number of carbonyl (C=O) groups is 1. The molecule has 61 heavy (non-hydrogen) atoms. The summed E-state index contributed by atoms with van der Waals surface area (Å²) < 4.78 is 29.0.